The number of carbonyl (C=O) groups is 1. The predicted molar refractivity (Wildman–Crippen MR) is 124 cm³/mol. The molecule has 0 bridgehead atoms. The Morgan fingerprint density at radius 1 is 1.12 bits per heavy atom. The summed E-state index contributed by atoms with van der Waals surface area (Å²) in [6, 6.07) is 17.2. The number of amides is 1. The van der Waals surface area contributed by atoms with Gasteiger partial charge in [0, 0.05) is 19.4 Å². The third-order valence-electron chi connectivity index (χ3n) is 4.64. The van der Waals surface area contributed by atoms with Crippen LogP contribution in [0.4, 0.5) is 11.4 Å². The Bertz CT molecular complexity index is 1290. The molecule has 4 aromatic rings. The number of carbonyl (C=O) groups excluding carboxylic acids is 1. The highest BCUT2D eigenvalue weighted by Gasteiger charge is 2.22. The van der Waals surface area contributed by atoms with Gasteiger partial charge in [0.05, 0.1) is 23.4 Å². The first-order valence-corrected chi connectivity index (χ1v) is 11.9. The minimum Gasteiger partial charge on any atom is -0.484 e. The molecule has 32 heavy (non-hydrogen) atoms. The van der Waals surface area contributed by atoms with E-state index in [1.54, 1.807) is 71.1 Å². The van der Waals surface area contributed by atoms with Crippen molar-refractivity contribution in [2.75, 3.05) is 23.3 Å². The molecule has 2 heterocycles. The van der Waals surface area contributed by atoms with Crippen LogP contribution in [-0.2, 0) is 14.8 Å². The molecule has 0 unspecified atom stereocenters. The fourth-order valence-corrected chi connectivity index (χ4v) is 5.33. The van der Waals surface area contributed by atoms with Gasteiger partial charge in [0.2, 0.25) is 0 Å². The molecule has 0 atom stereocenters. The first-order valence-electron chi connectivity index (χ1n) is 9.57. The van der Waals surface area contributed by atoms with Crippen LogP contribution in [0.25, 0.3) is 5.69 Å². The molecule has 0 fully saturated rings. The number of hydrogen-bond acceptors (Lipinski definition) is 6. The molecule has 1 N–H and O–H groups in total. The van der Waals surface area contributed by atoms with E-state index >= 15 is 0 Å². The molecule has 0 saturated carbocycles. The average molecular weight is 469 g/mol. The fraction of sp³-hybridized carbons (Fsp3) is 0.0909. The van der Waals surface area contributed by atoms with Crippen molar-refractivity contribution in [3.63, 3.8) is 0 Å². The zero-order valence-corrected chi connectivity index (χ0v) is 18.7. The van der Waals surface area contributed by atoms with Crippen molar-refractivity contribution in [1.82, 2.24) is 9.55 Å². The Morgan fingerprint density at radius 2 is 1.91 bits per heavy atom. The predicted octanol–water partition coefficient (Wildman–Crippen LogP) is 3.78. The summed E-state index contributed by atoms with van der Waals surface area (Å²) >= 11 is 1.16. The standard InChI is InChI=1S/C22H20N4O4S2/c1-25(32(28,29)22-7-4-14-31-22)17-8-10-18(11-9-17)30-15-21(27)24-19-5-2-3-6-20(19)26-13-12-23-16-26/h2-14,16H,15H2,1H3,(H,24,27). The number of para-hydroxylation sites is 2. The van der Waals surface area contributed by atoms with Crippen LogP contribution in [0.2, 0.25) is 0 Å². The molecule has 0 aliphatic rings. The Morgan fingerprint density at radius 3 is 2.59 bits per heavy atom. The van der Waals surface area contributed by atoms with E-state index in [9.17, 15) is 13.2 Å². The highest BCUT2D eigenvalue weighted by Crippen LogP contribution is 2.26. The lowest BCUT2D eigenvalue weighted by atomic mass is 10.2. The van der Waals surface area contributed by atoms with Gasteiger partial charge in [-0.25, -0.2) is 13.4 Å². The fourth-order valence-electron chi connectivity index (χ4n) is 2.98. The minimum atomic E-state index is -3.60. The van der Waals surface area contributed by atoms with Gasteiger partial charge in [-0.05, 0) is 47.8 Å². The van der Waals surface area contributed by atoms with E-state index in [1.165, 1.54) is 11.4 Å². The number of ether oxygens (including phenoxy) is 1. The van der Waals surface area contributed by atoms with Gasteiger partial charge < -0.3 is 14.6 Å². The normalized spacial score (nSPS) is 11.2. The summed E-state index contributed by atoms with van der Waals surface area (Å²) in [4.78, 5) is 16.4. The van der Waals surface area contributed by atoms with Crippen molar-refractivity contribution in [1.29, 1.82) is 0 Å². The SMILES string of the molecule is CN(c1ccc(OCC(=O)Nc2ccccc2-n2ccnc2)cc1)S(=O)(=O)c1cccs1. The third-order valence-corrected chi connectivity index (χ3v) is 7.80. The Kier molecular flexibility index (Phi) is 6.24. The molecule has 8 nitrogen and oxygen atoms in total. The molecule has 0 radical (unpaired) electrons. The van der Waals surface area contributed by atoms with Crippen molar-refractivity contribution in [2.24, 2.45) is 0 Å². The molecular formula is C22H20N4O4S2. The molecule has 0 aliphatic heterocycles. The van der Waals surface area contributed by atoms with E-state index in [0.29, 0.717) is 17.1 Å². The zero-order valence-electron chi connectivity index (χ0n) is 17.1. The van der Waals surface area contributed by atoms with Crippen LogP contribution >= 0.6 is 11.3 Å². The van der Waals surface area contributed by atoms with Crippen LogP contribution in [0.1, 0.15) is 0 Å². The molecule has 0 aliphatic carbocycles. The smallest absolute Gasteiger partial charge is 0.273 e. The van der Waals surface area contributed by atoms with Crippen LogP contribution in [0.3, 0.4) is 0 Å². The summed E-state index contributed by atoms with van der Waals surface area (Å²) in [5.41, 5.74) is 1.91. The van der Waals surface area contributed by atoms with E-state index in [4.69, 9.17) is 4.74 Å². The van der Waals surface area contributed by atoms with E-state index in [-0.39, 0.29) is 16.7 Å². The number of aromatic nitrogens is 2. The molecule has 4 rings (SSSR count). The van der Waals surface area contributed by atoms with Crippen molar-refractivity contribution >= 4 is 38.6 Å². The lowest BCUT2D eigenvalue weighted by molar-refractivity contribution is -0.118. The largest absolute Gasteiger partial charge is 0.484 e. The van der Waals surface area contributed by atoms with Crippen molar-refractivity contribution in [3.05, 3.63) is 84.8 Å². The summed E-state index contributed by atoms with van der Waals surface area (Å²) < 4.78 is 34.1. The quantitative estimate of drug-likeness (QED) is 0.425. The number of rotatable bonds is 8. The highest BCUT2D eigenvalue weighted by atomic mass is 32.2. The Labute approximate surface area is 189 Å². The van der Waals surface area contributed by atoms with Gasteiger partial charge in [0.15, 0.2) is 6.61 Å². The Hall–Kier alpha value is -3.63. The monoisotopic (exact) mass is 468 g/mol. The van der Waals surface area contributed by atoms with Gasteiger partial charge >= 0.3 is 0 Å². The number of imidazole rings is 1. The maximum Gasteiger partial charge on any atom is 0.273 e. The summed E-state index contributed by atoms with van der Waals surface area (Å²) in [6.07, 6.45) is 5.10. The van der Waals surface area contributed by atoms with Gasteiger partial charge in [0.25, 0.3) is 15.9 Å². The summed E-state index contributed by atoms with van der Waals surface area (Å²) in [5, 5.41) is 4.55. The lowest BCUT2D eigenvalue weighted by Crippen LogP contribution is -2.25. The molecule has 2 aromatic heterocycles. The molecular weight excluding hydrogens is 448 g/mol. The summed E-state index contributed by atoms with van der Waals surface area (Å²) in [5.74, 6) is 0.132. The van der Waals surface area contributed by atoms with Gasteiger partial charge in [-0.15, -0.1) is 11.3 Å². The molecule has 1 amide bonds. The van der Waals surface area contributed by atoms with Crippen LogP contribution in [0.5, 0.6) is 5.75 Å². The van der Waals surface area contributed by atoms with Gasteiger partial charge in [0.1, 0.15) is 9.96 Å². The number of nitrogens with zero attached hydrogens (tertiary/aromatic N) is 3. The lowest BCUT2D eigenvalue weighted by Gasteiger charge is -2.18. The number of nitrogens with one attached hydrogen (secondary N) is 1. The van der Waals surface area contributed by atoms with Crippen molar-refractivity contribution < 1.29 is 17.9 Å². The first-order chi connectivity index (χ1) is 15.4. The van der Waals surface area contributed by atoms with Crippen LogP contribution < -0.4 is 14.4 Å². The molecule has 0 spiro atoms. The van der Waals surface area contributed by atoms with E-state index in [2.05, 4.69) is 10.3 Å². The van der Waals surface area contributed by atoms with Crippen LogP contribution in [0, 0.1) is 0 Å². The van der Waals surface area contributed by atoms with E-state index in [1.807, 2.05) is 18.2 Å². The van der Waals surface area contributed by atoms with Gasteiger partial charge in [-0.1, -0.05) is 18.2 Å². The third kappa shape index (κ3) is 4.66. The van der Waals surface area contributed by atoms with E-state index < -0.39 is 10.0 Å². The Balaban J connectivity index is 1.38. The topological polar surface area (TPSA) is 93.5 Å². The van der Waals surface area contributed by atoms with E-state index in [0.717, 1.165) is 17.0 Å². The second-order valence-electron chi connectivity index (χ2n) is 6.72. The average Bonchev–Trinajstić information content (AvgIpc) is 3.53. The van der Waals surface area contributed by atoms with Gasteiger partial charge in [-0.2, -0.15) is 0 Å². The van der Waals surface area contributed by atoms with Crippen molar-refractivity contribution in [3.8, 4) is 11.4 Å². The first kappa shape index (κ1) is 21.6. The minimum absolute atomic E-state index is 0.194. The second-order valence-corrected chi connectivity index (χ2v) is 9.87. The summed E-state index contributed by atoms with van der Waals surface area (Å²) in [6.45, 7) is -0.194. The molecule has 164 valence electrons. The molecule has 2 aromatic carbocycles. The second kappa shape index (κ2) is 9.25. The number of benzene rings is 2. The number of sulfonamides is 1. The summed E-state index contributed by atoms with van der Waals surface area (Å²) in [7, 11) is -2.11. The van der Waals surface area contributed by atoms with Gasteiger partial charge in [-0.3, -0.25) is 9.10 Å². The molecule has 0 saturated heterocycles. The highest BCUT2D eigenvalue weighted by molar-refractivity contribution is 7.94. The number of hydrogen-bond donors (Lipinski definition) is 1. The molecule has 10 heteroatoms. The van der Waals surface area contributed by atoms with Crippen LogP contribution in [-0.4, -0.2) is 37.5 Å². The van der Waals surface area contributed by atoms with Crippen LogP contribution in [0.15, 0.2) is 89.0 Å². The number of thiophene rings is 1. The zero-order chi connectivity index (χ0) is 22.6. The maximum absolute atomic E-state index is 12.6. The van der Waals surface area contributed by atoms with Crippen molar-refractivity contribution in [2.45, 2.75) is 4.21 Å². The maximum atomic E-state index is 12.6. The number of anilines is 2.